The number of carbonyl (C=O) groups excluding carboxylic acids is 1. The smallest absolute Gasteiger partial charge is 0.146 e. The Kier molecular flexibility index (Phi) is 4.10. The lowest BCUT2D eigenvalue weighted by molar-refractivity contribution is -0.105. The van der Waals surface area contributed by atoms with Gasteiger partial charge in [-0.1, -0.05) is 17.7 Å². The molecule has 2 nitrogen and oxygen atoms in total. The van der Waals surface area contributed by atoms with Crippen LogP contribution in [0.5, 0.6) is 5.75 Å². The Morgan fingerprint density at radius 1 is 1.27 bits per heavy atom. The van der Waals surface area contributed by atoms with Gasteiger partial charge in [0.15, 0.2) is 0 Å². The molecule has 0 aliphatic heterocycles. The zero-order chi connectivity index (χ0) is 11.3. The first-order valence-electron chi connectivity index (χ1n) is 4.92. The SMILES string of the molecule is COc1ccc(CC(C=O)=C(C)C)cc1. The molecular weight excluding hydrogens is 188 g/mol. The number of hydrogen-bond donors (Lipinski definition) is 0. The van der Waals surface area contributed by atoms with Crippen molar-refractivity contribution < 1.29 is 9.53 Å². The van der Waals surface area contributed by atoms with Crippen LogP contribution in [0.4, 0.5) is 0 Å². The van der Waals surface area contributed by atoms with Gasteiger partial charge in [-0.3, -0.25) is 4.79 Å². The van der Waals surface area contributed by atoms with Crippen molar-refractivity contribution in [2.75, 3.05) is 7.11 Å². The van der Waals surface area contributed by atoms with Crippen LogP contribution in [0.2, 0.25) is 0 Å². The molecule has 0 aliphatic rings. The van der Waals surface area contributed by atoms with Gasteiger partial charge in [-0.15, -0.1) is 0 Å². The van der Waals surface area contributed by atoms with Crippen LogP contribution >= 0.6 is 0 Å². The number of hydrogen-bond acceptors (Lipinski definition) is 2. The van der Waals surface area contributed by atoms with Gasteiger partial charge in [0.25, 0.3) is 0 Å². The Labute approximate surface area is 90.6 Å². The van der Waals surface area contributed by atoms with Gasteiger partial charge in [0, 0.05) is 6.42 Å². The summed E-state index contributed by atoms with van der Waals surface area (Å²) in [4.78, 5) is 10.8. The number of ether oxygens (including phenoxy) is 1. The van der Waals surface area contributed by atoms with Crippen molar-refractivity contribution in [3.63, 3.8) is 0 Å². The van der Waals surface area contributed by atoms with Crippen LogP contribution < -0.4 is 4.74 Å². The summed E-state index contributed by atoms with van der Waals surface area (Å²) in [5.41, 5.74) is 3.04. The minimum absolute atomic E-state index is 0.690. The minimum atomic E-state index is 0.690. The van der Waals surface area contributed by atoms with Crippen molar-refractivity contribution in [3.8, 4) is 5.75 Å². The van der Waals surface area contributed by atoms with E-state index in [0.29, 0.717) is 6.42 Å². The Morgan fingerprint density at radius 2 is 1.87 bits per heavy atom. The molecule has 80 valence electrons. The van der Waals surface area contributed by atoms with Crippen molar-refractivity contribution in [1.82, 2.24) is 0 Å². The predicted octanol–water partition coefficient (Wildman–Crippen LogP) is 2.77. The highest BCUT2D eigenvalue weighted by atomic mass is 16.5. The zero-order valence-corrected chi connectivity index (χ0v) is 9.41. The summed E-state index contributed by atoms with van der Waals surface area (Å²) < 4.78 is 5.07. The fraction of sp³-hybridized carbons (Fsp3) is 0.308. The number of allylic oxidation sites excluding steroid dienone is 2. The molecule has 0 aromatic heterocycles. The largest absolute Gasteiger partial charge is 0.497 e. The van der Waals surface area contributed by atoms with E-state index in [0.717, 1.165) is 28.7 Å². The number of rotatable bonds is 4. The molecule has 0 radical (unpaired) electrons. The van der Waals surface area contributed by atoms with E-state index < -0.39 is 0 Å². The lowest BCUT2D eigenvalue weighted by atomic mass is 10.0. The van der Waals surface area contributed by atoms with Gasteiger partial charge in [0.2, 0.25) is 0 Å². The van der Waals surface area contributed by atoms with Crippen LogP contribution in [0.15, 0.2) is 35.4 Å². The quantitative estimate of drug-likeness (QED) is 0.557. The molecule has 0 saturated carbocycles. The summed E-state index contributed by atoms with van der Waals surface area (Å²) >= 11 is 0. The summed E-state index contributed by atoms with van der Waals surface area (Å²) in [5.74, 6) is 0.837. The lowest BCUT2D eigenvalue weighted by Gasteiger charge is -2.04. The average Bonchev–Trinajstić information content (AvgIpc) is 2.26. The molecule has 15 heavy (non-hydrogen) atoms. The van der Waals surface area contributed by atoms with Gasteiger partial charge < -0.3 is 4.74 Å². The number of aldehydes is 1. The molecule has 0 spiro atoms. The van der Waals surface area contributed by atoms with E-state index in [2.05, 4.69) is 0 Å². The first-order chi connectivity index (χ1) is 7.17. The molecule has 0 aliphatic carbocycles. The highest BCUT2D eigenvalue weighted by Crippen LogP contribution is 2.15. The van der Waals surface area contributed by atoms with E-state index in [-0.39, 0.29) is 0 Å². The molecule has 1 rings (SSSR count). The second-order valence-corrected chi connectivity index (χ2v) is 3.67. The van der Waals surface area contributed by atoms with Gasteiger partial charge in [-0.2, -0.15) is 0 Å². The first kappa shape index (κ1) is 11.5. The second kappa shape index (κ2) is 5.35. The Balaban J connectivity index is 2.81. The van der Waals surface area contributed by atoms with Crippen LogP contribution in [-0.4, -0.2) is 13.4 Å². The van der Waals surface area contributed by atoms with Crippen molar-refractivity contribution >= 4 is 6.29 Å². The maximum atomic E-state index is 10.8. The third-order valence-electron chi connectivity index (χ3n) is 2.34. The molecule has 0 heterocycles. The molecule has 0 saturated heterocycles. The molecule has 0 atom stereocenters. The minimum Gasteiger partial charge on any atom is -0.497 e. The van der Waals surface area contributed by atoms with Crippen LogP contribution in [0, 0.1) is 0 Å². The fourth-order valence-electron chi connectivity index (χ4n) is 1.30. The van der Waals surface area contributed by atoms with Crippen molar-refractivity contribution in [3.05, 3.63) is 41.0 Å². The summed E-state index contributed by atoms with van der Waals surface area (Å²) in [6.07, 6.45) is 1.62. The molecular formula is C13H16O2. The van der Waals surface area contributed by atoms with Crippen LogP contribution in [0.25, 0.3) is 0 Å². The third kappa shape index (κ3) is 3.24. The predicted molar refractivity (Wildman–Crippen MR) is 61.1 cm³/mol. The summed E-state index contributed by atoms with van der Waals surface area (Å²) in [7, 11) is 1.64. The molecule has 1 aromatic carbocycles. The Morgan fingerprint density at radius 3 is 2.27 bits per heavy atom. The molecule has 0 amide bonds. The summed E-state index contributed by atoms with van der Waals surface area (Å²) in [6, 6.07) is 7.77. The normalized spacial score (nSPS) is 9.53. The molecule has 0 fully saturated rings. The molecule has 1 aromatic rings. The number of carbonyl (C=O) groups is 1. The fourth-order valence-corrected chi connectivity index (χ4v) is 1.30. The van der Waals surface area contributed by atoms with Crippen molar-refractivity contribution in [2.24, 2.45) is 0 Å². The van der Waals surface area contributed by atoms with E-state index in [4.69, 9.17) is 4.74 Å². The maximum absolute atomic E-state index is 10.8. The third-order valence-corrected chi connectivity index (χ3v) is 2.34. The van der Waals surface area contributed by atoms with Crippen molar-refractivity contribution in [1.29, 1.82) is 0 Å². The molecule has 2 heteroatoms. The van der Waals surface area contributed by atoms with Crippen LogP contribution in [0.3, 0.4) is 0 Å². The Bertz CT molecular complexity index is 357. The standard InChI is InChI=1S/C13H16O2/c1-10(2)12(9-14)8-11-4-6-13(15-3)7-5-11/h4-7,9H,8H2,1-3H3. The topological polar surface area (TPSA) is 26.3 Å². The van der Waals surface area contributed by atoms with E-state index in [1.165, 1.54) is 0 Å². The first-order valence-corrected chi connectivity index (χ1v) is 4.92. The maximum Gasteiger partial charge on any atom is 0.146 e. The lowest BCUT2D eigenvalue weighted by Crippen LogP contribution is -1.94. The van der Waals surface area contributed by atoms with Gasteiger partial charge in [0.1, 0.15) is 12.0 Å². The van der Waals surface area contributed by atoms with E-state index in [9.17, 15) is 4.79 Å². The van der Waals surface area contributed by atoms with Gasteiger partial charge in [-0.25, -0.2) is 0 Å². The van der Waals surface area contributed by atoms with E-state index >= 15 is 0 Å². The average molecular weight is 204 g/mol. The summed E-state index contributed by atoms with van der Waals surface area (Å²) in [5, 5.41) is 0. The van der Waals surface area contributed by atoms with Gasteiger partial charge >= 0.3 is 0 Å². The molecule has 0 N–H and O–H groups in total. The monoisotopic (exact) mass is 204 g/mol. The van der Waals surface area contributed by atoms with E-state index in [1.807, 2.05) is 38.1 Å². The van der Waals surface area contributed by atoms with E-state index in [1.54, 1.807) is 7.11 Å². The molecule has 0 bridgehead atoms. The second-order valence-electron chi connectivity index (χ2n) is 3.67. The van der Waals surface area contributed by atoms with Gasteiger partial charge in [0.05, 0.1) is 7.11 Å². The van der Waals surface area contributed by atoms with Gasteiger partial charge in [-0.05, 0) is 37.1 Å². The van der Waals surface area contributed by atoms with Crippen LogP contribution in [0.1, 0.15) is 19.4 Å². The summed E-state index contributed by atoms with van der Waals surface area (Å²) in [6.45, 7) is 3.90. The zero-order valence-electron chi connectivity index (χ0n) is 9.41. The molecule has 0 unspecified atom stereocenters. The highest BCUT2D eigenvalue weighted by Gasteiger charge is 2.00. The van der Waals surface area contributed by atoms with Crippen LogP contribution in [-0.2, 0) is 11.2 Å². The van der Waals surface area contributed by atoms with Crippen molar-refractivity contribution in [2.45, 2.75) is 20.3 Å². The number of methoxy groups -OCH3 is 1. The number of benzene rings is 1. The Hall–Kier alpha value is -1.57. The highest BCUT2D eigenvalue weighted by molar-refractivity contribution is 5.75.